The highest BCUT2D eigenvalue weighted by Crippen LogP contribution is 2.44. The van der Waals surface area contributed by atoms with Crippen LogP contribution in [0.3, 0.4) is 0 Å². The number of nitrogens with one attached hydrogen (secondary N) is 1. The lowest BCUT2D eigenvalue weighted by atomic mass is 9.64. The zero-order valence-electron chi connectivity index (χ0n) is 22.0. The zero-order valence-corrected chi connectivity index (χ0v) is 22.0. The first-order chi connectivity index (χ1) is 17.7. The van der Waals surface area contributed by atoms with Gasteiger partial charge in [0.15, 0.2) is 0 Å². The van der Waals surface area contributed by atoms with Crippen LogP contribution in [0.15, 0.2) is 61.2 Å². The van der Waals surface area contributed by atoms with Crippen LogP contribution in [0.2, 0.25) is 0 Å². The summed E-state index contributed by atoms with van der Waals surface area (Å²) in [4.78, 5) is 35.8. The summed E-state index contributed by atoms with van der Waals surface area (Å²) in [6.07, 6.45) is 6.96. The maximum Gasteiger partial charge on any atom is 0.149 e. The summed E-state index contributed by atoms with van der Waals surface area (Å²) in [6.45, 7) is 5.79. The fourth-order valence-corrected chi connectivity index (χ4v) is 4.90. The van der Waals surface area contributed by atoms with Crippen molar-refractivity contribution in [3.8, 4) is 11.8 Å². The van der Waals surface area contributed by atoms with Crippen LogP contribution in [-0.2, 0) is 27.2 Å². The van der Waals surface area contributed by atoms with Crippen LogP contribution >= 0.6 is 0 Å². The maximum atomic E-state index is 13.0. The highest BCUT2D eigenvalue weighted by molar-refractivity contribution is 5.87. The minimum absolute atomic E-state index is 0. The van der Waals surface area contributed by atoms with Crippen molar-refractivity contribution in [2.45, 2.75) is 58.3 Å². The first kappa shape index (κ1) is 29.7. The van der Waals surface area contributed by atoms with E-state index in [0.717, 1.165) is 36.8 Å². The van der Waals surface area contributed by atoms with E-state index in [4.69, 9.17) is 5.26 Å². The van der Waals surface area contributed by atoms with Crippen LogP contribution in [0, 0.1) is 22.7 Å². The van der Waals surface area contributed by atoms with E-state index in [1.807, 2.05) is 24.3 Å². The predicted molar refractivity (Wildman–Crippen MR) is 149 cm³/mol. The number of hydrogen-bond acceptors (Lipinski definition) is 6. The summed E-state index contributed by atoms with van der Waals surface area (Å²) in [5.41, 5.74) is 2.01. The molecule has 0 atom stereocenters. The number of benzene rings is 2. The molecule has 6 heteroatoms. The number of carbonyl (C=O) groups is 3. The summed E-state index contributed by atoms with van der Waals surface area (Å²) in [5.74, 6) is 0.928. The van der Waals surface area contributed by atoms with Crippen LogP contribution in [0.5, 0.6) is 5.75 Å². The molecule has 0 saturated heterocycles. The molecule has 0 spiro atoms. The molecule has 0 radical (unpaired) electrons. The monoisotopic (exact) mass is 506 g/mol. The van der Waals surface area contributed by atoms with Crippen molar-refractivity contribution >= 4 is 17.3 Å². The molecule has 200 valence electrons. The number of nitriles is 1. The summed E-state index contributed by atoms with van der Waals surface area (Å²) in [7, 11) is 1.78. The van der Waals surface area contributed by atoms with Crippen LogP contribution in [0.4, 0.5) is 0 Å². The van der Waals surface area contributed by atoms with Crippen LogP contribution in [0.1, 0.15) is 65.0 Å². The molecule has 37 heavy (non-hydrogen) atoms. The number of Topliss-reactive ketones (excluding diaryl/α,β-unsaturated/α-hetero) is 3. The van der Waals surface area contributed by atoms with Crippen LogP contribution < -0.4 is 5.32 Å². The number of ketones is 3. The normalized spacial score (nSPS) is 18.6. The molecule has 2 aromatic rings. The SMILES string of the molecule is C=CCC1(C(=O)CCc2ccccc2O)CCC(C(=O)CNC)CC1.CC(=O)Cc1ccc(C#N)cc1.[HH].[HH]. The number of phenols is 1. The van der Waals surface area contributed by atoms with E-state index in [1.54, 1.807) is 50.4 Å². The Morgan fingerprint density at radius 3 is 2.35 bits per heavy atom. The smallest absolute Gasteiger partial charge is 0.149 e. The van der Waals surface area contributed by atoms with Gasteiger partial charge in [0.2, 0.25) is 0 Å². The molecular formula is C31H42N2O4. The fourth-order valence-electron chi connectivity index (χ4n) is 4.90. The topological polar surface area (TPSA) is 107 Å². The third-order valence-electron chi connectivity index (χ3n) is 7.02. The Morgan fingerprint density at radius 1 is 1.16 bits per heavy atom. The van der Waals surface area contributed by atoms with E-state index in [2.05, 4.69) is 11.9 Å². The van der Waals surface area contributed by atoms with E-state index < -0.39 is 0 Å². The Hall–Kier alpha value is -3.56. The Balaban J connectivity index is 0.000000875. The first-order valence-electron chi connectivity index (χ1n) is 12.8. The summed E-state index contributed by atoms with van der Waals surface area (Å²) >= 11 is 0. The number of hydrogen-bond donors (Lipinski definition) is 2. The summed E-state index contributed by atoms with van der Waals surface area (Å²) < 4.78 is 0. The van der Waals surface area contributed by atoms with Gasteiger partial charge in [-0.1, -0.05) is 36.4 Å². The van der Waals surface area contributed by atoms with E-state index in [-0.39, 0.29) is 37.3 Å². The minimum atomic E-state index is -0.386. The molecule has 2 aromatic carbocycles. The second-order valence-electron chi connectivity index (χ2n) is 9.78. The zero-order chi connectivity index (χ0) is 27.3. The van der Waals surface area contributed by atoms with Crippen LogP contribution in [-0.4, -0.2) is 36.0 Å². The Morgan fingerprint density at radius 2 is 1.81 bits per heavy atom. The van der Waals surface area contributed by atoms with Crippen molar-refractivity contribution in [3.05, 3.63) is 77.9 Å². The Labute approximate surface area is 223 Å². The van der Waals surface area contributed by atoms with E-state index in [9.17, 15) is 19.5 Å². The van der Waals surface area contributed by atoms with E-state index in [0.29, 0.717) is 37.8 Å². The molecule has 1 fully saturated rings. The molecule has 3 rings (SSSR count). The van der Waals surface area contributed by atoms with Crippen molar-refractivity contribution in [1.29, 1.82) is 5.26 Å². The van der Waals surface area contributed by atoms with Crippen molar-refractivity contribution < 1.29 is 22.3 Å². The molecule has 1 aliphatic rings. The van der Waals surface area contributed by atoms with Crippen LogP contribution in [0.25, 0.3) is 0 Å². The minimum Gasteiger partial charge on any atom is -0.508 e. The van der Waals surface area contributed by atoms with E-state index >= 15 is 0 Å². The third kappa shape index (κ3) is 9.11. The lowest BCUT2D eigenvalue weighted by Crippen LogP contribution is -2.38. The molecule has 0 unspecified atom stereocenters. The van der Waals surface area contributed by atoms with Gasteiger partial charge >= 0.3 is 0 Å². The first-order valence-corrected chi connectivity index (χ1v) is 12.8. The van der Waals surface area contributed by atoms with Gasteiger partial charge in [0.25, 0.3) is 0 Å². The highest BCUT2D eigenvalue weighted by atomic mass is 16.3. The Bertz CT molecular complexity index is 1120. The molecule has 1 aliphatic carbocycles. The lowest BCUT2D eigenvalue weighted by Gasteiger charge is -2.38. The molecule has 0 bridgehead atoms. The number of para-hydroxylation sites is 1. The third-order valence-corrected chi connectivity index (χ3v) is 7.02. The average Bonchev–Trinajstić information content (AvgIpc) is 2.89. The molecular weight excluding hydrogens is 464 g/mol. The van der Waals surface area contributed by atoms with Gasteiger partial charge in [0.1, 0.15) is 23.1 Å². The fraction of sp³-hybridized carbons (Fsp3) is 0.419. The highest BCUT2D eigenvalue weighted by Gasteiger charge is 2.41. The van der Waals surface area contributed by atoms with Gasteiger partial charge in [-0.3, -0.25) is 14.4 Å². The lowest BCUT2D eigenvalue weighted by molar-refractivity contribution is -0.133. The molecule has 0 aromatic heterocycles. The quantitative estimate of drug-likeness (QED) is 0.383. The Kier molecular flexibility index (Phi) is 11.9. The second-order valence-corrected chi connectivity index (χ2v) is 9.78. The van der Waals surface area contributed by atoms with Gasteiger partial charge in [0, 0.05) is 27.0 Å². The van der Waals surface area contributed by atoms with Gasteiger partial charge < -0.3 is 10.4 Å². The van der Waals surface area contributed by atoms with Crippen molar-refractivity contribution in [1.82, 2.24) is 5.32 Å². The number of aryl methyl sites for hydroxylation is 1. The molecule has 1 saturated carbocycles. The van der Waals surface area contributed by atoms with Crippen molar-refractivity contribution in [2.24, 2.45) is 11.3 Å². The number of carbonyl (C=O) groups excluding carboxylic acids is 3. The van der Waals surface area contributed by atoms with Gasteiger partial charge in [-0.05, 0) is 81.8 Å². The number of aromatic hydroxyl groups is 1. The number of likely N-dealkylation sites (N-methyl/N-ethyl adjacent to an activating group) is 1. The molecule has 6 nitrogen and oxygen atoms in total. The molecule has 2 N–H and O–H groups in total. The second kappa shape index (κ2) is 14.9. The molecule has 0 heterocycles. The van der Waals surface area contributed by atoms with Gasteiger partial charge in [-0.15, -0.1) is 6.58 Å². The number of rotatable bonds is 11. The number of phenolic OH excluding ortho intramolecular Hbond substituents is 1. The van der Waals surface area contributed by atoms with Gasteiger partial charge in [-0.2, -0.15) is 5.26 Å². The predicted octanol–water partition coefficient (Wildman–Crippen LogP) is 5.62. The average molecular weight is 507 g/mol. The summed E-state index contributed by atoms with van der Waals surface area (Å²) in [6, 6.07) is 16.2. The van der Waals surface area contributed by atoms with Crippen molar-refractivity contribution in [2.75, 3.05) is 13.6 Å². The van der Waals surface area contributed by atoms with E-state index in [1.165, 1.54) is 0 Å². The standard InChI is InChI=1S/C21H29NO3.C10H9NO.2H2/c1-3-12-21(13-10-17(11-14-21)19(24)15-22-2)20(25)9-8-16-6-4-5-7-18(16)23;1-8(12)6-9-2-4-10(7-11)5-3-9;;/h3-7,17,22-23H,1,8-15H2,2H3;2-5H,6H2,1H3;2*1H. The largest absolute Gasteiger partial charge is 0.508 e. The van der Waals surface area contributed by atoms with Gasteiger partial charge in [0.05, 0.1) is 18.2 Å². The van der Waals surface area contributed by atoms with Gasteiger partial charge in [-0.25, -0.2) is 0 Å². The number of allylic oxidation sites excluding steroid dienone is 1. The number of nitrogens with zero attached hydrogens (tertiary/aromatic N) is 1. The maximum absolute atomic E-state index is 13.0. The molecule has 0 aliphatic heterocycles. The van der Waals surface area contributed by atoms with Crippen molar-refractivity contribution in [3.63, 3.8) is 0 Å². The summed E-state index contributed by atoms with van der Waals surface area (Å²) in [5, 5.41) is 21.3. The molecule has 0 amide bonds.